The van der Waals surface area contributed by atoms with Crippen molar-refractivity contribution in [2.75, 3.05) is 18.0 Å². The summed E-state index contributed by atoms with van der Waals surface area (Å²) >= 11 is 0. The number of rotatable bonds is 2. The van der Waals surface area contributed by atoms with E-state index in [4.69, 9.17) is 9.15 Å². The molecule has 2 heterocycles. The first-order valence-corrected chi connectivity index (χ1v) is 7.45. The number of aryl methyl sites for hydroxylation is 1. The van der Waals surface area contributed by atoms with Gasteiger partial charge in [0.25, 0.3) is 0 Å². The predicted molar refractivity (Wildman–Crippen MR) is 83.6 cm³/mol. The Labute approximate surface area is 130 Å². The van der Waals surface area contributed by atoms with E-state index in [-0.39, 0.29) is 12.2 Å². The molecule has 2 atom stereocenters. The van der Waals surface area contributed by atoms with Crippen molar-refractivity contribution in [3.63, 3.8) is 0 Å². The molecule has 5 heteroatoms. The molecule has 2 aromatic rings. The molecule has 1 aliphatic heterocycles. The highest BCUT2D eigenvalue weighted by molar-refractivity contribution is 5.60. The highest BCUT2D eigenvalue weighted by Gasteiger charge is 2.28. The maximum absolute atomic E-state index is 9.37. The Morgan fingerprint density at radius 2 is 2.00 bits per heavy atom. The first-order chi connectivity index (χ1) is 10.6. The standard InChI is InChI=1S/C17H19N3O2/c1-11-5-4-6-14(7-11)16-19-15(8-18)17(22-16)20-9-12(2)21-13(3)10-20/h4-7,12-13H,9-10H2,1-3H3. The van der Waals surface area contributed by atoms with Crippen LogP contribution >= 0.6 is 0 Å². The van der Waals surface area contributed by atoms with E-state index in [9.17, 15) is 5.26 Å². The van der Waals surface area contributed by atoms with Crippen LogP contribution in [0.3, 0.4) is 0 Å². The van der Waals surface area contributed by atoms with Crippen molar-refractivity contribution in [2.45, 2.75) is 33.0 Å². The molecule has 0 aliphatic carbocycles. The number of ether oxygens (including phenoxy) is 1. The number of benzene rings is 1. The summed E-state index contributed by atoms with van der Waals surface area (Å²) in [7, 11) is 0. The van der Waals surface area contributed by atoms with Crippen LogP contribution in [-0.2, 0) is 4.74 Å². The number of morpholine rings is 1. The quantitative estimate of drug-likeness (QED) is 0.852. The van der Waals surface area contributed by atoms with E-state index in [2.05, 4.69) is 11.1 Å². The summed E-state index contributed by atoms with van der Waals surface area (Å²) in [6.45, 7) is 7.45. The molecule has 0 amide bonds. The van der Waals surface area contributed by atoms with E-state index >= 15 is 0 Å². The molecule has 1 aliphatic rings. The number of aromatic nitrogens is 1. The SMILES string of the molecule is Cc1cccc(-c2nc(C#N)c(N3CC(C)OC(C)C3)o2)c1. The Morgan fingerprint density at radius 1 is 1.27 bits per heavy atom. The first kappa shape index (κ1) is 14.6. The molecule has 0 saturated carbocycles. The van der Waals surface area contributed by atoms with E-state index in [1.165, 1.54) is 0 Å². The second-order valence-electron chi connectivity index (χ2n) is 5.82. The third-order valence-electron chi connectivity index (χ3n) is 3.69. The van der Waals surface area contributed by atoms with Gasteiger partial charge in [-0.15, -0.1) is 0 Å². The first-order valence-electron chi connectivity index (χ1n) is 7.45. The zero-order chi connectivity index (χ0) is 15.7. The summed E-state index contributed by atoms with van der Waals surface area (Å²) in [5.74, 6) is 1.03. The van der Waals surface area contributed by atoms with Crippen molar-refractivity contribution in [1.29, 1.82) is 5.26 Å². The molecule has 0 radical (unpaired) electrons. The van der Waals surface area contributed by atoms with Gasteiger partial charge in [-0.1, -0.05) is 17.7 Å². The Hall–Kier alpha value is -2.32. The minimum absolute atomic E-state index is 0.0998. The Bertz CT molecular complexity index is 707. The number of nitriles is 1. The van der Waals surface area contributed by atoms with Gasteiger partial charge in [0.05, 0.1) is 12.2 Å². The van der Waals surface area contributed by atoms with Crippen LogP contribution in [0.25, 0.3) is 11.5 Å². The average Bonchev–Trinajstić information content (AvgIpc) is 2.90. The van der Waals surface area contributed by atoms with Gasteiger partial charge in [-0.3, -0.25) is 0 Å². The fourth-order valence-corrected chi connectivity index (χ4v) is 2.84. The molecule has 1 aromatic carbocycles. The maximum atomic E-state index is 9.37. The molecule has 114 valence electrons. The van der Waals surface area contributed by atoms with Gasteiger partial charge in [0.1, 0.15) is 6.07 Å². The third-order valence-corrected chi connectivity index (χ3v) is 3.69. The van der Waals surface area contributed by atoms with Gasteiger partial charge >= 0.3 is 0 Å². The third kappa shape index (κ3) is 2.83. The van der Waals surface area contributed by atoms with Crippen molar-refractivity contribution >= 4 is 5.88 Å². The summed E-state index contributed by atoms with van der Waals surface area (Å²) in [6.07, 6.45) is 0.200. The van der Waals surface area contributed by atoms with Gasteiger partial charge in [-0.25, -0.2) is 0 Å². The fraction of sp³-hybridized carbons (Fsp3) is 0.412. The molecular formula is C17H19N3O2. The van der Waals surface area contributed by atoms with Gasteiger partial charge in [-0.2, -0.15) is 10.2 Å². The van der Waals surface area contributed by atoms with Crippen LogP contribution in [0.5, 0.6) is 0 Å². The normalized spacial score (nSPS) is 21.6. The number of hydrogen-bond acceptors (Lipinski definition) is 5. The number of anilines is 1. The molecule has 5 nitrogen and oxygen atoms in total. The molecule has 0 N–H and O–H groups in total. The molecule has 1 fully saturated rings. The van der Waals surface area contributed by atoms with Crippen LogP contribution in [0, 0.1) is 18.3 Å². The lowest BCUT2D eigenvalue weighted by molar-refractivity contribution is -0.00638. The molecule has 1 aromatic heterocycles. The van der Waals surface area contributed by atoms with Crippen LogP contribution < -0.4 is 4.90 Å². The zero-order valence-corrected chi connectivity index (χ0v) is 13.0. The van der Waals surface area contributed by atoms with E-state index in [1.54, 1.807) is 0 Å². The van der Waals surface area contributed by atoms with Gasteiger partial charge in [0.15, 0.2) is 0 Å². The van der Waals surface area contributed by atoms with Gasteiger partial charge < -0.3 is 14.1 Å². The predicted octanol–water partition coefficient (Wildman–Crippen LogP) is 3.14. The summed E-state index contributed by atoms with van der Waals surface area (Å²) in [4.78, 5) is 6.40. The summed E-state index contributed by atoms with van der Waals surface area (Å²) < 4.78 is 11.7. The summed E-state index contributed by atoms with van der Waals surface area (Å²) in [5.41, 5.74) is 2.35. The van der Waals surface area contributed by atoms with Gasteiger partial charge in [0.2, 0.25) is 17.5 Å². The van der Waals surface area contributed by atoms with Crippen LogP contribution in [0.1, 0.15) is 25.1 Å². The van der Waals surface area contributed by atoms with E-state index in [0.29, 0.717) is 30.6 Å². The summed E-state index contributed by atoms with van der Waals surface area (Å²) in [5, 5.41) is 9.37. The lowest BCUT2D eigenvalue weighted by atomic mass is 10.1. The summed E-state index contributed by atoms with van der Waals surface area (Å²) in [6, 6.07) is 10.1. The van der Waals surface area contributed by atoms with Crippen LogP contribution in [0.2, 0.25) is 0 Å². The smallest absolute Gasteiger partial charge is 0.235 e. The molecule has 0 spiro atoms. The highest BCUT2D eigenvalue weighted by atomic mass is 16.5. The molecule has 1 saturated heterocycles. The fourth-order valence-electron chi connectivity index (χ4n) is 2.84. The van der Waals surface area contributed by atoms with Crippen molar-refractivity contribution in [3.8, 4) is 17.5 Å². The molecule has 3 rings (SSSR count). The molecular weight excluding hydrogens is 278 g/mol. The second-order valence-corrected chi connectivity index (χ2v) is 5.82. The Morgan fingerprint density at radius 3 is 2.64 bits per heavy atom. The second kappa shape index (κ2) is 5.82. The topological polar surface area (TPSA) is 62.3 Å². The van der Waals surface area contributed by atoms with Gasteiger partial charge in [-0.05, 0) is 32.9 Å². The minimum atomic E-state index is 0.0998. The lowest BCUT2D eigenvalue weighted by Gasteiger charge is -2.34. The van der Waals surface area contributed by atoms with Crippen molar-refractivity contribution in [2.24, 2.45) is 0 Å². The van der Waals surface area contributed by atoms with Crippen molar-refractivity contribution < 1.29 is 9.15 Å². The van der Waals surface area contributed by atoms with Crippen molar-refractivity contribution in [3.05, 3.63) is 35.5 Å². The molecule has 2 unspecified atom stereocenters. The zero-order valence-electron chi connectivity index (χ0n) is 13.0. The lowest BCUT2D eigenvalue weighted by Crippen LogP contribution is -2.45. The van der Waals surface area contributed by atoms with Crippen molar-refractivity contribution in [1.82, 2.24) is 4.98 Å². The van der Waals surface area contributed by atoms with Crippen LogP contribution in [0.4, 0.5) is 5.88 Å². The molecule has 0 bridgehead atoms. The van der Waals surface area contributed by atoms with E-state index in [1.807, 2.05) is 49.9 Å². The number of hydrogen-bond donors (Lipinski definition) is 0. The number of oxazole rings is 1. The number of nitrogens with zero attached hydrogens (tertiary/aromatic N) is 3. The minimum Gasteiger partial charge on any atom is -0.419 e. The largest absolute Gasteiger partial charge is 0.419 e. The molecule has 22 heavy (non-hydrogen) atoms. The monoisotopic (exact) mass is 297 g/mol. The van der Waals surface area contributed by atoms with Crippen LogP contribution in [-0.4, -0.2) is 30.3 Å². The van der Waals surface area contributed by atoms with E-state index in [0.717, 1.165) is 11.1 Å². The average molecular weight is 297 g/mol. The Balaban J connectivity index is 1.97. The van der Waals surface area contributed by atoms with Crippen LogP contribution in [0.15, 0.2) is 28.7 Å². The van der Waals surface area contributed by atoms with E-state index < -0.39 is 0 Å². The Kier molecular flexibility index (Phi) is 3.86. The van der Waals surface area contributed by atoms with Gasteiger partial charge in [0, 0.05) is 18.7 Å². The highest BCUT2D eigenvalue weighted by Crippen LogP contribution is 2.30. The maximum Gasteiger partial charge on any atom is 0.235 e.